The van der Waals surface area contributed by atoms with Crippen LogP contribution in [-0.2, 0) is 11.9 Å². The minimum atomic E-state index is -0.402. The van der Waals surface area contributed by atoms with Crippen LogP contribution in [0.15, 0.2) is 36.4 Å². The average Bonchev–Trinajstić information content (AvgIpc) is 2.47. The summed E-state index contributed by atoms with van der Waals surface area (Å²) in [6, 6.07) is 10.9. The predicted molar refractivity (Wildman–Crippen MR) is 86.0 cm³/mol. The molecule has 0 aliphatic heterocycles. The molecule has 2 aromatic rings. The Morgan fingerprint density at radius 1 is 1.14 bits per heavy atom. The van der Waals surface area contributed by atoms with E-state index in [9.17, 15) is 10.1 Å². The first-order valence-corrected chi connectivity index (χ1v) is 7.65. The molecule has 5 heteroatoms. The zero-order chi connectivity index (χ0) is 15.4. The zero-order valence-electron chi connectivity index (χ0n) is 11.9. The number of nitro groups is 1. The highest BCUT2D eigenvalue weighted by atomic mass is 79.9. The summed E-state index contributed by atoms with van der Waals surface area (Å²) < 4.78 is 5.83. The van der Waals surface area contributed by atoms with Crippen molar-refractivity contribution in [1.82, 2.24) is 0 Å². The van der Waals surface area contributed by atoms with Gasteiger partial charge in [0.05, 0.1) is 4.92 Å². The molecule has 0 fully saturated rings. The van der Waals surface area contributed by atoms with Crippen molar-refractivity contribution < 1.29 is 9.66 Å². The number of rotatable bonds is 5. The summed E-state index contributed by atoms with van der Waals surface area (Å²) in [5.41, 5.74) is 4.32. The molecule has 0 radical (unpaired) electrons. The molecule has 2 rings (SSSR count). The fourth-order valence-electron chi connectivity index (χ4n) is 2.04. The van der Waals surface area contributed by atoms with Gasteiger partial charge in [-0.1, -0.05) is 39.7 Å². The summed E-state index contributed by atoms with van der Waals surface area (Å²) in [5.74, 6) is 0.665. The van der Waals surface area contributed by atoms with Crippen LogP contribution in [0, 0.1) is 24.0 Å². The summed E-state index contributed by atoms with van der Waals surface area (Å²) in [5, 5.41) is 11.3. The number of hydrogen-bond acceptors (Lipinski definition) is 3. The van der Waals surface area contributed by atoms with Gasteiger partial charge in [-0.25, -0.2) is 0 Å². The van der Waals surface area contributed by atoms with E-state index in [-0.39, 0.29) is 5.69 Å². The van der Waals surface area contributed by atoms with Crippen LogP contribution in [0.1, 0.15) is 22.3 Å². The Labute approximate surface area is 132 Å². The van der Waals surface area contributed by atoms with Crippen molar-refractivity contribution in [3.8, 4) is 5.75 Å². The van der Waals surface area contributed by atoms with Crippen molar-refractivity contribution in [2.45, 2.75) is 25.8 Å². The fourth-order valence-corrected chi connectivity index (χ4v) is 2.47. The smallest absolute Gasteiger partial charge is 0.270 e. The number of ether oxygens (including phenoxy) is 1. The lowest BCUT2D eigenvalue weighted by Crippen LogP contribution is -2.01. The Hall–Kier alpha value is -1.88. The Morgan fingerprint density at radius 3 is 2.57 bits per heavy atom. The van der Waals surface area contributed by atoms with E-state index >= 15 is 0 Å². The van der Waals surface area contributed by atoms with Gasteiger partial charge in [-0.05, 0) is 31.0 Å². The molecule has 0 amide bonds. The van der Waals surface area contributed by atoms with Crippen LogP contribution in [0.3, 0.4) is 0 Å². The minimum Gasteiger partial charge on any atom is -0.489 e. The predicted octanol–water partition coefficient (Wildman–Crippen LogP) is 4.69. The lowest BCUT2D eigenvalue weighted by atomic mass is 10.1. The van der Waals surface area contributed by atoms with Crippen molar-refractivity contribution in [3.63, 3.8) is 0 Å². The maximum absolute atomic E-state index is 10.8. The molecule has 0 saturated carbocycles. The third-order valence-electron chi connectivity index (χ3n) is 3.29. The largest absolute Gasteiger partial charge is 0.489 e. The first-order valence-electron chi connectivity index (χ1n) is 6.53. The fraction of sp³-hybridized carbons (Fsp3) is 0.250. The van der Waals surface area contributed by atoms with E-state index in [2.05, 4.69) is 34.1 Å². The number of nitro benzene ring substituents is 1. The molecule has 0 N–H and O–H groups in total. The van der Waals surface area contributed by atoms with E-state index in [4.69, 9.17) is 4.74 Å². The third-order valence-corrected chi connectivity index (χ3v) is 3.89. The maximum atomic E-state index is 10.8. The highest BCUT2D eigenvalue weighted by molar-refractivity contribution is 9.08. The van der Waals surface area contributed by atoms with E-state index in [1.807, 2.05) is 13.8 Å². The monoisotopic (exact) mass is 349 g/mol. The van der Waals surface area contributed by atoms with Gasteiger partial charge in [0.15, 0.2) is 0 Å². The lowest BCUT2D eigenvalue weighted by Gasteiger charge is -2.12. The quantitative estimate of drug-likeness (QED) is 0.447. The van der Waals surface area contributed by atoms with Gasteiger partial charge in [0.2, 0.25) is 0 Å². The number of alkyl halides is 1. The van der Waals surface area contributed by atoms with Crippen LogP contribution >= 0.6 is 15.9 Å². The number of hydrogen-bond donors (Lipinski definition) is 0. The minimum absolute atomic E-state index is 0.0727. The first-order chi connectivity index (χ1) is 10.0. The maximum Gasteiger partial charge on any atom is 0.270 e. The van der Waals surface area contributed by atoms with E-state index in [0.29, 0.717) is 17.7 Å². The SMILES string of the molecule is Cc1ccc(C)c(COc2ccc([N+](=O)[O-])cc2CBr)c1. The highest BCUT2D eigenvalue weighted by Crippen LogP contribution is 2.27. The number of halogens is 1. The lowest BCUT2D eigenvalue weighted by molar-refractivity contribution is -0.384. The van der Waals surface area contributed by atoms with Gasteiger partial charge >= 0.3 is 0 Å². The van der Waals surface area contributed by atoms with E-state index in [1.165, 1.54) is 23.3 Å². The molecule has 21 heavy (non-hydrogen) atoms. The van der Waals surface area contributed by atoms with Crippen molar-refractivity contribution in [2.24, 2.45) is 0 Å². The van der Waals surface area contributed by atoms with Crippen LogP contribution in [0.4, 0.5) is 5.69 Å². The Balaban J connectivity index is 2.19. The molecule has 0 aliphatic carbocycles. The topological polar surface area (TPSA) is 52.4 Å². The standard InChI is InChI=1S/C16H16BrNO3/c1-11-3-4-12(2)14(7-11)10-21-16-6-5-15(18(19)20)8-13(16)9-17/h3-8H,9-10H2,1-2H3. The number of nitrogens with zero attached hydrogens (tertiary/aromatic N) is 1. The van der Waals surface area contributed by atoms with Crippen molar-refractivity contribution in [3.05, 3.63) is 68.8 Å². The van der Waals surface area contributed by atoms with Crippen LogP contribution < -0.4 is 4.74 Å². The van der Waals surface area contributed by atoms with Gasteiger partial charge in [0.25, 0.3) is 5.69 Å². The summed E-state index contributed by atoms with van der Waals surface area (Å²) in [4.78, 5) is 10.4. The number of non-ortho nitro benzene ring substituents is 1. The molecule has 0 saturated heterocycles. The van der Waals surface area contributed by atoms with Crippen molar-refractivity contribution in [2.75, 3.05) is 0 Å². The van der Waals surface area contributed by atoms with Gasteiger partial charge in [-0.2, -0.15) is 0 Å². The number of aryl methyl sites for hydroxylation is 2. The molecule has 2 aromatic carbocycles. The Morgan fingerprint density at radius 2 is 1.90 bits per heavy atom. The van der Waals surface area contributed by atoms with Gasteiger partial charge in [-0.15, -0.1) is 0 Å². The molecule has 0 spiro atoms. The van der Waals surface area contributed by atoms with Gasteiger partial charge < -0.3 is 4.74 Å². The third kappa shape index (κ3) is 3.82. The second kappa shape index (κ2) is 6.72. The van der Waals surface area contributed by atoms with E-state index in [0.717, 1.165) is 11.1 Å². The highest BCUT2D eigenvalue weighted by Gasteiger charge is 2.11. The van der Waals surface area contributed by atoms with Gasteiger partial charge in [0.1, 0.15) is 12.4 Å². The summed E-state index contributed by atoms with van der Waals surface area (Å²) in [6.07, 6.45) is 0. The molecule has 0 aliphatic rings. The zero-order valence-corrected chi connectivity index (χ0v) is 13.5. The van der Waals surface area contributed by atoms with Crippen molar-refractivity contribution in [1.29, 1.82) is 0 Å². The average molecular weight is 350 g/mol. The summed E-state index contributed by atoms with van der Waals surface area (Å²) in [6.45, 7) is 4.53. The van der Waals surface area contributed by atoms with Crippen LogP contribution in [-0.4, -0.2) is 4.92 Å². The molecule has 0 aromatic heterocycles. The van der Waals surface area contributed by atoms with Gasteiger partial charge in [0, 0.05) is 23.0 Å². The van der Waals surface area contributed by atoms with E-state index < -0.39 is 4.92 Å². The van der Waals surface area contributed by atoms with Crippen LogP contribution in [0.2, 0.25) is 0 Å². The van der Waals surface area contributed by atoms with E-state index in [1.54, 1.807) is 6.07 Å². The second-order valence-corrected chi connectivity index (χ2v) is 5.46. The summed E-state index contributed by atoms with van der Waals surface area (Å²) >= 11 is 3.34. The normalized spacial score (nSPS) is 10.4. The molecule has 0 bridgehead atoms. The van der Waals surface area contributed by atoms with Gasteiger partial charge in [-0.3, -0.25) is 10.1 Å². The molecule has 0 heterocycles. The first kappa shape index (κ1) is 15.5. The van der Waals surface area contributed by atoms with Crippen LogP contribution in [0.25, 0.3) is 0 Å². The molecular weight excluding hydrogens is 334 g/mol. The Bertz CT molecular complexity index is 671. The van der Waals surface area contributed by atoms with Crippen LogP contribution in [0.5, 0.6) is 5.75 Å². The summed E-state index contributed by atoms with van der Waals surface area (Å²) in [7, 11) is 0. The molecular formula is C16H16BrNO3. The Kier molecular flexibility index (Phi) is 4.96. The molecule has 0 unspecified atom stereocenters. The second-order valence-electron chi connectivity index (χ2n) is 4.90. The van der Waals surface area contributed by atoms with Crippen molar-refractivity contribution >= 4 is 21.6 Å². The molecule has 110 valence electrons. The molecule has 0 atom stereocenters. The molecule has 4 nitrogen and oxygen atoms in total. The number of benzene rings is 2.